The number of rotatable bonds is 5. The summed E-state index contributed by atoms with van der Waals surface area (Å²) in [7, 11) is 0. The summed E-state index contributed by atoms with van der Waals surface area (Å²) in [4.78, 5) is 37.5. The van der Waals surface area contributed by atoms with Crippen LogP contribution in [0.3, 0.4) is 0 Å². The maximum atomic E-state index is 12.7. The topological polar surface area (TPSA) is 132 Å². The van der Waals surface area contributed by atoms with Crippen molar-refractivity contribution >= 4 is 23.7 Å². The van der Waals surface area contributed by atoms with Gasteiger partial charge in [0, 0.05) is 19.0 Å². The Hall–Kier alpha value is -4.05. The van der Waals surface area contributed by atoms with Crippen molar-refractivity contribution in [1.29, 1.82) is 0 Å². The van der Waals surface area contributed by atoms with Crippen LogP contribution >= 0.6 is 0 Å². The zero-order valence-electron chi connectivity index (χ0n) is 17.2. The van der Waals surface area contributed by atoms with E-state index in [0.29, 0.717) is 22.6 Å². The Morgan fingerprint density at radius 3 is 2.76 bits per heavy atom. The first-order chi connectivity index (χ1) is 15.9. The Labute approximate surface area is 187 Å². The van der Waals surface area contributed by atoms with Gasteiger partial charge >= 0.3 is 5.97 Å². The SMILES string of the molecule is O=C1/C(=C/c2ccc3c(c2)OCO3)Oc2cc(OCC(=O)N3C[C@@H](O)C[C@H]3C(=O)O)ccc21. The second kappa shape index (κ2) is 8.14. The molecule has 33 heavy (non-hydrogen) atoms. The second-order valence-electron chi connectivity index (χ2n) is 7.79. The number of Topliss-reactive ketones (excluding diaryl/α,β-unsaturated/α-hetero) is 1. The minimum atomic E-state index is -1.17. The molecule has 0 radical (unpaired) electrons. The summed E-state index contributed by atoms with van der Waals surface area (Å²) in [5.74, 6) is -0.0984. The Bertz CT molecular complexity index is 1190. The average Bonchev–Trinajstić information content (AvgIpc) is 3.49. The molecule has 2 atom stereocenters. The van der Waals surface area contributed by atoms with Gasteiger partial charge in [-0.05, 0) is 35.9 Å². The van der Waals surface area contributed by atoms with Crippen LogP contribution < -0.4 is 18.9 Å². The van der Waals surface area contributed by atoms with Gasteiger partial charge in [-0.1, -0.05) is 6.07 Å². The van der Waals surface area contributed by atoms with Crippen molar-refractivity contribution in [1.82, 2.24) is 4.90 Å². The molecule has 1 amide bonds. The van der Waals surface area contributed by atoms with E-state index in [1.165, 1.54) is 18.2 Å². The molecule has 3 heterocycles. The van der Waals surface area contributed by atoms with Gasteiger partial charge in [-0.3, -0.25) is 9.59 Å². The summed E-state index contributed by atoms with van der Waals surface area (Å²) < 4.78 is 21.8. The molecule has 0 aliphatic carbocycles. The Kier molecular flexibility index (Phi) is 5.14. The first-order valence-corrected chi connectivity index (χ1v) is 10.2. The quantitative estimate of drug-likeness (QED) is 0.646. The van der Waals surface area contributed by atoms with Crippen LogP contribution in [0.5, 0.6) is 23.0 Å². The highest BCUT2D eigenvalue weighted by molar-refractivity contribution is 6.14. The molecule has 2 aromatic carbocycles. The van der Waals surface area contributed by atoms with Gasteiger partial charge in [0.25, 0.3) is 5.91 Å². The number of amides is 1. The Morgan fingerprint density at radius 2 is 1.94 bits per heavy atom. The van der Waals surface area contributed by atoms with Crippen molar-refractivity contribution in [2.45, 2.75) is 18.6 Å². The number of likely N-dealkylation sites (tertiary alicyclic amines) is 1. The first kappa shape index (κ1) is 20.8. The van der Waals surface area contributed by atoms with E-state index in [1.807, 2.05) is 0 Å². The fraction of sp³-hybridized carbons (Fsp3) is 0.261. The zero-order chi connectivity index (χ0) is 23.1. The Morgan fingerprint density at radius 1 is 1.12 bits per heavy atom. The predicted octanol–water partition coefficient (Wildman–Crippen LogP) is 1.46. The molecule has 1 saturated heterocycles. The van der Waals surface area contributed by atoms with E-state index in [0.717, 1.165) is 4.90 Å². The van der Waals surface area contributed by atoms with Crippen molar-refractivity contribution in [3.8, 4) is 23.0 Å². The van der Waals surface area contributed by atoms with E-state index >= 15 is 0 Å². The molecule has 1 fully saturated rings. The molecule has 0 aromatic heterocycles. The molecule has 0 unspecified atom stereocenters. The third-order valence-corrected chi connectivity index (χ3v) is 5.58. The monoisotopic (exact) mass is 453 g/mol. The number of aliphatic hydroxyl groups excluding tert-OH is 1. The zero-order valence-corrected chi connectivity index (χ0v) is 17.2. The number of hydrogen-bond donors (Lipinski definition) is 2. The molecule has 2 aromatic rings. The third-order valence-electron chi connectivity index (χ3n) is 5.58. The minimum Gasteiger partial charge on any atom is -0.484 e. The summed E-state index contributed by atoms with van der Waals surface area (Å²) >= 11 is 0. The third kappa shape index (κ3) is 3.96. The van der Waals surface area contributed by atoms with Gasteiger partial charge in [-0.25, -0.2) is 4.79 Å². The average molecular weight is 453 g/mol. The first-order valence-electron chi connectivity index (χ1n) is 10.2. The molecule has 10 nitrogen and oxygen atoms in total. The molecule has 3 aliphatic heterocycles. The highest BCUT2D eigenvalue weighted by atomic mass is 16.7. The number of fused-ring (bicyclic) bond motifs is 2. The number of aliphatic carboxylic acids is 1. The normalized spacial score (nSPS) is 21.8. The fourth-order valence-electron chi connectivity index (χ4n) is 3.96. The molecule has 5 rings (SSSR count). The van der Waals surface area contributed by atoms with Crippen LogP contribution in [0.2, 0.25) is 0 Å². The van der Waals surface area contributed by atoms with Crippen LogP contribution in [0.1, 0.15) is 22.3 Å². The summed E-state index contributed by atoms with van der Waals surface area (Å²) in [6.45, 7) is -0.324. The van der Waals surface area contributed by atoms with E-state index in [4.69, 9.17) is 18.9 Å². The van der Waals surface area contributed by atoms with Gasteiger partial charge < -0.3 is 34.1 Å². The maximum Gasteiger partial charge on any atom is 0.326 e. The number of carboxylic acids is 1. The molecule has 170 valence electrons. The molecular formula is C23H19NO9. The molecule has 0 spiro atoms. The lowest BCUT2D eigenvalue weighted by Crippen LogP contribution is -2.42. The number of nitrogens with zero attached hydrogens (tertiary/aromatic N) is 1. The van der Waals surface area contributed by atoms with E-state index in [2.05, 4.69) is 0 Å². The van der Waals surface area contributed by atoms with E-state index in [1.54, 1.807) is 24.3 Å². The molecule has 0 bridgehead atoms. The molecule has 2 N–H and O–H groups in total. The largest absolute Gasteiger partial charge is 0.484 e. The molecular weight excluding hydrogens is 434 g/mol. The van der Waals surface area contributed by atoms with Gasteiger partial charge in [0.2, 0.25) is 12.6 Å². The number of carbonyl (C=O) groups is 3. The standard InChI is InChI=1S/C23H19NO9/c25-13-7-16(23(28)29)24(9-13)21(26)10-30-14-2-3-15-18(8-14)33-20(22(15)27)6-12-1-4-17-19(5-12)32-11-31-17/h1-6,8,13,16,25H,7,9-11H2,(H,28,29)/b20-6-/t13-,16-/m0/s1. The number of β-amino-alcohol motifs (C(OH)–C–C–N with tert-alkyl or cyclic N) is 1. The van der Waals surface area contributed by atoms with Crippen LogP contribution in [0.25, 0.3) is 6.08 Å². The van der Waals surface area contributed by atoms with E-state index in [9.17, 15) is 24.6 Å². The van der Waals surface area contributed by atoms with Crippen LogP contribution in [0.15, 0.2) is 42.2 Å². The number of allylic oxidation sites excluding steroid dienone is 1. The summed E-state index contributed by atoms with van der Waals surface area (Å²) in [6.07, 6.45) is 0.692. The Balaban J connectivity index is 1.27. The molecule has 3 aliphatic rings. The van der Waals surface area contributed by atoms with Gasteiger partial charge in [0.15, 0.2) is 23.9 Å². The van der Waals surface area contributed by atoms with Crippen molar-refractivity contribution < 1.29 is 43.5 Å². The fourth-order valence-corrected chi connectivity index (χ4v) is 3.96. The predicted molar refractivity (Wildman–Crippen MR) is 111 cm³/mol. The highest BCUT2D eigenvalue weighted by Gasteiger charge is 2.39. The number of ketones is 1. The highest BCUT2D eigenvalue weighted by Crippen LogP contribution is 2.37. The van der Waals surface area contributed by atoms with Crippen LogP contribution in [-0.2, 0) is 9.59 Å². The van der Waals surface area contributed by atoms with Gasteiger partial charge in [-0.2, -0.15) is 0 Å². The summed E-state index contributed by atoms with van der Waals surface area (Å²) in [5.41, 5.74) is 1.06. The van der Waals surface area contributed by atoms with Gasteiger partial charge in [0.05, 0.1) is 11.7 Å². The number of carbonyl (C=O) groups excluding carboxylic acids is 2. The van der Waals surface area contributed by atoms with Crippen LogP contribution in [0.4, 0.5) is 0 Å². The lowest BCUT2D eigenvalue weighted by Gasteiger charge is -2.21. The number of hydrogen-bond acceptors (Lipinski definition) is 8. The molecule has 10 heteroatoms. The number of ether oxygens (including phenoxy) is 4. The van der Waals surface area contributed by atoms with Crippen molar-refractivity contribution in [3.63, 3.8) is 0 Å². The summed E-state index contributed by atoms with van der Waals surface area (Å²) in [6, 6.07) is 8.75. The lowest BCUT2D eigenvalue weighted by atomic mass is 10.1. The minimum absolute atomic E-state index is 0.0195. The number of benzene rings is 2. The number of aliphatic hydroxyl groups is 1. The van der Waals surface area contributed by atoms with Gasteiger partial charge in [0.1, 0.15) is 17.5 Å². The second-order valence-corrected chi connectivity index (χ2v) is 7.79. The smallest absolute Gasteiger partial charge is 0.326 e. The van der Waals surface area contributed by atoms with Crippen molar-refractivity contribution in [2.24, 2.45) is 0 Å². The van der Waals surface area contributed by atoms with E-state index < -0.39 is 30.6 Å². The maximum absolute atomic E-state index is 12.7. The van der Waals surface area contributed by atoms with Crippen molar-refractivity contribution in [3.05, 3.63) is 53.3 Å². The molecule has 0 saturated carbocycles. The summed E-state index contributed by atoms with van der Waals surface area (Å²) in [5, 5.41) is 18.9. The van der Waals surface area contributed by atoms with Gasteiger partial charge in [-0.15, -0.1) is 0 Å². The lowest BCUT2D eigenvalue weighted by molar-refractivity contribution is -0.148. The number of carboxylic acid groups (broad SMARTS) is 1. The van der Waals surface area contributed by atoms with Crippen molar-refractivity contribution in [2.75, 3.05) is 19.9 Å². The van der Waals surface area contributed by atoms with Crippen LogP contribution in [-0.4, -0.2) is 64.9 Å². The van der Waals surface area contributed by atoms with Crippen LogP contribution in [0, 0.1) is 0 Å². The van der Waals surface area contributed by atoms with E-state index in [-0.39, 0.29) is 42.8 Å².